The molecule has 1 saturated heterocycles. The van der Waals surface area contributed by atoms with Crippen LogP contribution >= 0.6 is 0 Å². The number of likely N-dealkylation sites (tertiary alicyclic amines) is 1. The number of hydrogen-bond acceptors (Lipinski definition) is 4. The Morgan fingerprint density at radius 2 is 2.04 bits per heavy atom. The largest absolute Gasteiger partial charge is 0.478 e. The number of aromatic carboxylic acids is 1. The molecule has 1 atom stereocenters. The minimum Gasteiger partial charge on any atom is -0.478 e. The molecule has 3 aromatic rings. The fraction of sp³-hybridized carbons (Fsp3) is 0.333. The van der Waals surface area contributed by atoms with Gasteiger partial charge in [0.15, 0.2) is 5.65 Å². The predicted molar refractivity (Wildman–Crippen MR) is 104 cm³/mol. The van der Waals surface area contributed by atoms with Crippen molar-refractivity contribution in [2.24, 2.45) is 0 Å². The quantitative estimate of drug-likeness (QED) is 0.757. The van der Waals surface area contributed by atoms with Crippen LogP contribution < -0.4 is 0 Å². The number of aryl methyl sites for hydroxylation is 2. The van der Waals surface area contributed by atoms with Gasteiger partial charge in [-0.3, -0.25) is 4.79 Å². The van der Waals surface area contributed by atoms with E-state index in [1.54, 1.807) is 28.9 Å². The molecule has 0 aliphatic carbocycles. The number of carboxylic acids is 1. The van der Waals surface area contributed by atoms with Gasteiger partial charge in [0.05, 0.1) is 11.8 Å². The zero-order chi connectivity index (χ0) is 19.8. The van der Waals surface area contributed by atoms with Crippen LogP contribution in [-0.2, 0) is 0 Å². The number of benzene rings is 1. The Hall–Kier alpha value is -3.22. The maximum absolute atomic E-state index is 13.2. The van der Waals surface area contributed by atoms with Gasteiger partial charge in [0, 0.05) is 30.4 Å². The third-order valence-electron chi connectivity index (χ3n) is 5.32. The number of piperidine rings is 1. The highest BCUT2D eigenvalue weighted by molar-refractivity contribution is 5.99. The lowest BCUT2D eigenvalue weighted by molar-refractivity contribution is 0.0688. The van der Waals surface area contributed by atoms with Crippen LogP contribution in [0.25, 0.3) is 5.65 Å². The molecule has 28 heavy (non-hydrogen) atoms. The van der Waals surface area contributed by atoms with Crippen molar-refractivity contribution in [2.75, 3.05) is 13.1 Å². The molecular weight excluding hydrogens is 356 g/mol. The Morgan fingerprint density at radius 3 is 2.82 bits per heavy atom. The molecule has 144 valence electrons. The molecule has 1 aromatic carbocycles. The lowest BCUT2D eigenvalue weighted by atomic mass is 9.89. The van der Waals surface area contributed by atoms with Crippen LogP contribution in [0.15, 0.2) is 36.5 Å². The SMILES string of the molecule is Cc1cc(C)n2ncc(C(=O)N3CCC[C@H](c4cccc(C(=O)O)c4)C3)c2n1. The first kappa shape index (κ1) is 18.2. The van der Waals surface area contributed by atoms with Crippen molar-refractivity contribution >= 4 is 17.5 Å². The fourth-order valence-corrected chi connectivity index (χ4v) is 3.95. The van der Waals surface area contributed by atoms with Crippen LogP contribution in [0.5, 0.6) is 0 Å². The number of carbonyl (C=O) groups is 2. The van der Waals surface area contributed by atoms with E-state index in [-0.39, 0.29) is 17.4 Å². The summed E-state index contributed by atoms with van der Waals surface area (Å²) in [5, 5.41) is 13.6. The number of aromatic nitrogens is 3. The molecule has 0 unspecified atom stereocenters. The summed E-state index contributed by atoms with van der Waals surface area (Å²) < 4.78 is 1.69. The Balaban J connectivity index is 1.61. The molecule has 1 N–H and O–H groups in total. The van der Waals surface area contributed by atoms with E-state index in [9.17, 15) is 14.7 Å². The molecule has 0 bridgehead atoms. The van der Waals surface area contributed by atoms with Gasteiger partial charge in [0.1, 0.15) is 5.56 Å². The Kier molecular flexibility index (Phi) is 4.58. The van der Waals surface area contributed by atoms with Gasteiger partial charge in [-0.15, -0.1) is 0 Å². The van der Waals surface area contributed by atoms with Crippen molar-refractivity contribution in [3.8, 4) is 0 Å². The molecule has 1 aliphatic heterocycles. The molecule has 0 saturated carbocycles. The van der Waals surface area contributed by atoms with Crippen LogP contribution in [0.4, 0.5) is 0 Å². The molecule has 7 nitrogen and oxygen atoms in total. The van der Waals surface area contributed by atoms with E-state index in [0.717, 1.165) is 29.8 Å². The van der Waals surface area contributed by atoms with E-state index in [0.29, 0.717) is 24.3 Å². The molecule has 7 heteroatoms. The topological polar surface area (TPSA) is 87.8 Å². The lowest BCUT2D eigenvalue weighted by Crippen LogP contribution is -2.39. The van der Waals surface area contributed by atoms with Crippen LogP contribution in [0.3, 0.4) is 0 Å². The van der Waals surface area contributed by atoms with Gasteiger partial charge in [0.2, 0.25) is 0 Å². The minimum atomic E-state index is -0.936. The summed E-state index contributed by atoms with van der Waals surface area (Å²) in [6, 6.07) is 8.94. The number of fused-ring (bicyclic) bond motifs is 1. The van der Waals surface area contributed by atoms with E-state index >= 15 is 0 Å². The summed E-state index contributed by atoms with van der Waals surface area (Å²) >= 11 is 0. The van der Waals surface area contributed by atoms with E-state index < -0.39 is 5.97 Å². The second-order valence-corrected chi connectivity index (χ2v) is 7.35. The zero-order valence-electron chi connectivity index (χ0n) is 15.9. The molecule has 1 amide bonds. The average Bonchev–Trinajstić information content (AvgIpc) is 3.11. The summed E-state index contributed by atoms with van der Waals surface area (Å²) in [5.41, 5.74) is 4.11. The first-order chi connectivity index (χ1) is 13.4. The Labute approximate surface area is 162 Å². The molecule has 1 fully saturated rings. The monoisotopic (exact) mass is 378 g/mol. The Bertz CT molecular complexity index is 1070. The molecule has 0 radical (unpaired) electrons. The van der Waals surface area contributed by atoms with E-state index in [1.807, 2.05) is 30.9 Å². The predicted octanol–water partition coefficient (Wildman–Crippen LogP) is 3.06. The highest BCUT2D eigenvalue weighted by atomic mass is 16.4. The van der Waals surface area contributed by atoms with Gasteiger partial charge in [-0.1, -0.05) is 12.1 Å². The third-order valence-corrected chi connectivity index (χ3v) is 5.32. The highest BCUT2D eigenvalue weighted by Gasteiger charge is 2.28. The third kappa shape index (κ3) is 3.24. The maximum atomic E-state index is 13.2. The zero-order valence-corrected chi connectivity index (χ0v) is 15.9. The number of carbonyl (C=O) groups excluding carboxylic acids is 1. The molecule has 4 rings (SSSR count). The molecule has 1 aliphatic rings. The van der Waals surface area contributed by atoms with Crippen molar-refractivity contribution in [3.05, 3.63) is 64.6 Å². The van der Waals surface area contributed by atoms with Gasteiger partial charge < -0.3 is 10.0 Å². The fourth-order valence-electron chi connectivity index (χ4n) is 3.95. The number of hydrogen-bond donors (Lipinski definition) is 1. The molecule has 2 aromatic heterocycles. The van der Waals surface area contributed by atoms with Crippen molar-refractivity contribution in [3.63, 3.8) is 0 Å². The van der Waals surface area contributed by atoms with Crippen molar-refractivity contribution < 1.29 is 14.7 Å². The lowest BCUT2D eigenvalue weighted by Gasteiger charge is -2.33. The second-order valence-electron chi connectivity index (χ2n) is 7.35. The Morgan fingerprint density at radius 1 is 1.21 bits per heavy atom. The van der Waals surface area contributed by atoms with Gasteiger partial charge >= 0.3 is 5.97 Å². The second kappa shape index (κ2) is 7.07. The van der Waals surface area contributed by atoms with Crippen molar-refractivity contribution in [1.29, 1.82) is 0 Å². The smallest absolute Gasteiger partial charge is 0.335 e. The molecule has 0 spiro atoms. The molecule has 3 heterocycles. The highest BCUT2D eigenvalue weighted by Crippen LogP contribution is 2.29. The van der Waals surface area contributed by atoms with E-state index in [4.69, 9.17) is 0 Å². The standard InChI is InChI=1S/C21H22N4O3/c1-13-9-14(2)25-19(23-13)18(11-22-25)20(26)24-8-4-7-17(12-24)15-5-3-6-16(10-15)21(27)28/h3,5-6,9-11,17H,4,7-8,12H2,1-2H3,(H,27,28)/t17-/m0/s1. The van der Waals surface area contributed by atoms with Gasteiger partial charge in [0.25, 0.3) is 5.91 Å². The van der Waals surface area contributed by atoms with Gasteiger partial charge in [-0.05, 0) is 50.5 Å². The summed E-state index contributed by atoms with van der Waals surface area (Å²) in [7, 11) is 0. The van der Waals surface area contributed by atoms with E-state index in [1.165, 1.54) is 0 Å². The minimum absolute atomic E-state index is 0.0772. The summed E-state index contributed by atoms with van der Waals surface area (Å²) in [6.07, 6.45) is 3.39. The number of rotatable bonds is 3. The number of carboxylic acid groups (broad SMARTS) is 1. The summed E-state index contributed by atoms with van der Waals surface area (Å²) in [6.45, 7) is 5.08. The first-order valence-electron chi connectivity index (χ1n) is 9.38. The molecular formula is C21H22N4O3. The number of amides is 1. The summed E-state index contributed by atoms with van der Waals surface area (Å²) in [4.78, 5) is 30.8. The average molecular weight is 378 g/mol. The van der Waals surface area contributed by atoms with Crippen LogP contribution in [0.1, 0.15) is 56.4 Å². The maximum Gasteiger partial charge on any atom is 0.335 e. The van der Waals surface area contributed by atoms with Crippen molar-refractivity contribution in [1.82, 2.24) is 19.5 Å². The van der Waals surface area contributed by atoms with Crippen LogP contribution in [-0.4, -0.2) is 49.6 Å². The normalized spacial score (nSPS) is 17.1. The first-order valence-corrected chi connectivity index (χ1v) is 9.38. The summed E-state index contributed by atoms with van der Waals surface area (Å²) in [5.74, 6) is -0.893. The van der Waals surface area contributed by atoms with Crippen molar-refractivity contribution in [2.45, 2.75) is 32.6 Å². The van der Waals surface area contributed by atoms with Crippen LogP contribution in [0, 0.1) is 13.8 Å². The van der Waals surface area contributed by atoms with Gasteiger partial charge in [-0.25, -0.2) is 14.3 Å². The van der Waals surface area contributed by atoms with E-state index in [2.05, 4.69) is 10.1 Å². The number of nitrogens with zero attached hydrogens (tertiary/aromatic N) is 4. The van der Waals surface area contributed by atoms with Gasteiger partial charge in [-0.2, -0.15) is 5.10 Å². The van der Waals surface area contributed by atoms with Crippen LogP contribution in [0.2, 0.25) is 0 Å².